The molecule has 2 aromatic rings. The minimum absolute atomic E-state index is 0.719. The summed E-state index contributed by atoms with van der Waals surface area (Å²) in [6.07, 6.45) is 2.81. The molecule has 1 aromatic carbocycles. The molecule has 0 amide bonds. The highest BCUT2D eigenvalue weighted by molar-refractivity contribution is 5.72. The highest BCUT2D eigenvalue weighted by atomic mass is 16.1. The van der Waals surface area contributed by atoms with E-state index in [0.29, 0.717) is 0 Å². The summed E-state index contributed by atoms with van der Waals surface area (Å²) in [7, 11) is 0. The fraction of sp³-hybridized carbons (Fsp3) is 0.154. The molecule has 0 aliphatic heterocycles. The van der Waals surface area contributed by atoms with Gasteiger partial charge in [0.2, 0.25) is 0 Å². The second-order valence-corrected chi connectivity index (χ2v) is 3.67. The first-order valence-corrected chi connectivity index (χ1v) is 4.95. The monoisotopic (exact) mass is 199 g/mol. The fourth-order valence-electron chi connectivity index (χ4n) is 1.69. The van der Waals surface area contributed by atoms with Crippen LogP contribution in [0.2, 0.25) is 0 Å². The second-order valence-electron chi connectivity index (χ2n) is 3.67. The number of aryl methyl sites for hydroxylation is 1. The Labute approximate surface area is 89.2 Å². The highest BCUT2D eigenvalue weighted by Gasteiger charge is 2.00. The van der Waals surface area contributed by atoms with Crippen LogP contribution < -0.4 is 0 Å². The van der Waals surface area contributed by atoms with Crippen molar-refractivity contribution in [2.45, 2.75) is 13.5 Å². The Morgan fingerprint density at radius 3 is 2.87 bits per heavy atom. The predicted octanol–water partition coefficient (Wildman–Crippen LogP) is 2.66. The third-order valence-corrected chi connectivity index (χ3v) is 2.42. The van der Waals surface area contributed by atoms with Crippen molar-refractivity contribution in [3.8, 4) is 0 Å². The summed E-state index contributed by atoms with van der Waals surface area (Å²) in [5, 5.41) is 0. The van der Waals surface area contributed by atoms with Gasteiger partial charge in [0.25, 0.3) is 0 Å². The maximum Gasteiger partial charge on any atom is 0.166 e. The Bertz CT molecular complexity index is 471. The maximum absolute atomic E-state index is 10.7. The summed E-state index contributed by atoms with van der Waals surface area (Å²) in [4.78, 5) is 10.7. The van der Waals surface area contributed by atoms with Crippen molar-refractivity contribution in [1.29, 1.82) is 0 Å². The average Bonchev–Trinajstić information content (AvgIpc) is 2.65. The quantitative estimate of drug-likeness (QED) is 0.696. The van der Waals surface area contributed by atoms with Gasteiger partial charge in [0.15, 0.2) is 6.29 Å². The smallest absolute Gasteiger partial charge is 0.166 e. The van der Waals surface area contributed by atoms with Crippen LogP contribution in [0.3, 0.4) is 0 Å². The zero-order valence-corrected chi connectivity index (χ0v) is 8.68. The van der Waals surface area contributed by atoms with Crippen molar-refractivity contribution >= 4 is 6.29 Å². The van der Waals surface area contributed by atoms with Crippen molar-refractivity contribution < 1.29 is 4.79 Å². The van der Waals surface area contributed by atoms with E-state index in [1.807, 2.05) is 29.0 Å². The molecule has 1 heterocycles. The number of aldehydes is 1. The van der Waals surface area contributed by atoms with E-state index >= 15 is 0 Å². The van der Waals surface area contributed by atoms with Gasteiger partial charge in [0.1, 0.15) is 0 Å². The summed E-state index contributed by atoms with van der Waals surface area (Å²) >= 11 is 0. The minimum Gasteiger partial charge on any atom is -0.341 e. The molecule has 0 aliphatic rings. The van der Waals surface area contributed by atoms with E-state index in [1.54, 1.807) is 0 Å². The molecule has 2 rings (SSSR count). The normalized spacial score (nSPS) is 10.2. The van der Waals surface area contributed by atoms with Crippen molar-refractivity contribution in [2.24, 2.45) is 0 Å². The van der Waals surface area contributed by atoms with Gasteiger partial charge in [-0.15, -0.1) is 0 Å². The van der Waals surface area contributed by atoms with Crippen molar-refractivity contribution in [3.63, 3.8) is 0 Å². The molecule has 2 nitrogen and oxygen atoms in total. The van der Waals surface area contributed by atoms with Gasteiger partial charge in [-0.3, -0.25) is 4.79 Å². The van der Waals surface area contributed by atoms with E-state index in [4.69, 9.17) is 0 Å². The van der Waals surface area contributed by atoms with Gasteiger partial charge >= 0.3 is 0 Å². The van der Waals surface area contributed by atoms with Gasteiger partial charge in [0, 0.05) is 12.7 Å². The third-order valence-electron chi connectivity index (χ3n) is 2.42. The second kappa shape index (κ2) is 4.13. The van der Waals surface area contributed by atoms with Gasteiger partial charge in [-0.25, -0.2) is 0 Å². The van der Waals surface area contributed by atoms with E-state index in [2.05, 4.69) is 25.1 Å². The molecule has 0 bridgehead atoms. The Kier molecular flexibility index (Phi) is 2.68. The number of hydrogen-bond donors (Lipinski definition) is 0. The first kappa shape index (κ1) is 9.71. The van der Waals surface area contributed by atoms with E-state index < -0.39 is 0 Å². The summed E-state index contributed by atoms with van der Waals surface area (Å²) in [6.45, 7) is 2.82. The molecule has 2 heteroatoms. The van der Waals surface area contributed by atoms with Gasteiger partial charge in [-0.2, -0.15) is 0 Å². The standard InChI is InChI=1S/C13H13NO/c1-11-4-2-5-12(8-11)9-14-7-3-6-13(14)10-15/h2-8,10H,9H2,1H3. The average molecular weight is 199 g/mol. The van der Waals surface area contributed by atoms with Gasteiger partial charge in [-0.05, 0) is 24.6 Å². The van der Waals surface area contributed by atoms with Gasteiger partial charge < -0.3 is 4.57 Å². The van der Waals surface area contributed by atoms with Crippen LogP contribution >= 0.6 is 0 Å². The summed E-state index contributed by atoms with van der Waals surface area (Å²) in [6, 6.07) is 12.0. The Hall–Kier alpha value is -1.83. The number of aromatic nitrogens is 1. The van der Waals surface area contributed by atoms with Crippen LogP contribution in [0.15, 0.2) is 42.6 Å². The van der Waals surface area contributed by atoms with Gasteiger partial charge in [-0.1, -0.05) is 29.8 Å². The number of rotatable bonds is 3. The number of benzene rings is 1. The number of nitrogens with zero attached hydrogens (tertiary/aromatic N) is 1. The number of hydrogen-bond acceptors (Lipinski definition) is 1. The zero-order valence-electron chi connectivity index (χ0n) is 8.68. The van der Waals surface area contributed by atoms with E-state index in [-0.39, 0.29) is 0 Å². The maximum atomic E-state index is 10.7. The van der Waals surface area contributed by atoms with Crippen molar-refractivity contribution in [1.82, 2.24) is 4.57 Å². The molecule has 76 valence electrons. The lowest BCUT2D eigenvalue weighted by molar-refractivity contribution is 0.111. The van der Waals surface area contributed by atoms with Crippen LogP contribution in [0, 0.1) is 6.92 Å². The summed E-state index contributed by atoms with van der Waals surface area (Å²) in [5.41, 5.74) is 3.18. The highest BCUT2D eigenvalue weighted by Crippen LogP contribution is 2.08. The van der Waals surface area contributed by atoms with Crippen molar-refractivity contribution in [2.75, 3.05) is 0 Å². The number of carbonyl (C=O) groups is 1. The van der Waals surface area contributed by atoms with Crippen LogP contribution in [0.4, 0.5) is 0 Å². The Morgan fingerprint density at radius 2 is 2.13 bits per heavy atom. The SMILES string of the molecule is Cc1cccc(Cn2cccc2C=O)c1. The van der Waals surface area contributed by atoms with Crippen molar-refractivity contribution in [3.05, 3.63) is 59.4 Å². The number of carbonyl (C=O) groups excluding carboxylic acids is 1. The topological polar surface area (TPSA) is 22.0 Å². The zero-order chi connectivity index (χ0) is 10.7. The molecule has 0 aliphatic carbocycles. The van der Waals surface area contributed by atoms with Gasteiger partial charge in [0.05, 0.1) is 5.69 Å². The van der Waals surface area contributed by atoms with E-state index in [1.165, 1.54) is 11.1 Å². The molecule has 0 N–H and O–H groups in total. The lowest BCUT2D eigenvalue weighted by atomic mass is 10.1. The molecule has 0 saturated carbocycles. The molecule has 0 atom stereocenters. The molecule has 0 unspecified atom stereocenters. The van der Waals surface area contributed by atoms with Crippen LogP contribution in [0.25, 0.3) is 0 Å². The first-order chi connectivity index (χ1) is 7.29. The summed E-state index contributed by atoms with van der Waals surface area (Å²) in [5.74, 6) is 0. The Morgan fingerprint density at radius 1 is 1.27 bits per heavy atom. The molecular formula is C13H13NO. The van der Waals surface area contributed by atoms with Crippen LogP contribution in [-0.4, -0.2) is 10.9 Å². The summed E-state index contributed by atoms with van der Waals surface area (Å²) < 4.78 is 1.95. The van der Waals surface area contributed by atoms with Crippen LogP contribution in [0.5, 0.6) is 0 Å². The molecule has 0 radical (unpaired) electrons. The first-order valence-electron chi connectivity index (χ1n) is 4.95. The molecule has 0 fully saturated rings. The third kappa shape index (κ3) is 2.15. The Balaban J connectivity index is 2.25. The minimum atomic E-state index is 0.719. The molecular weight excluding hydrogens is 186 g/mol. The van der Waals surface area contributed by atoms with Crippen LogP contribution in [-0.2, 0) is 6.54 Å². The molecule has 1 aromatic heterocycles. The molecule has 15 heavy (non-hydrogen) atoms. The lowest BCUT2D eigenvalue weighted by Gasteiger charge is -2.06. The molecule has 0 spiro atoms. The van der Waals surface area contributed by atoms with E-state index in [9.17, 15) is 4.79 Å². The fourth-order valence-corrected chi connectivity index (χ4v) is 1.69. The largest absolute Gasteiger partial charge is 0.341 e. The molecule has 0 saturated heterocycles. The van der Waals surface area contributed by atoms with Crippen LogP contribution in [0.1, 0.15) is 21.6 Å². The lowest BCUT2D eigenvalue weighted by Crippen LogP contribution is -2.02. The predicted molar refractivity (Wildman–Crippen MR) is 60.1 cm³/mol. The van der Waals surface area contributed by atoms with E-state index in [0.717, 1.165) is 18.5 Å².